The maximum atomic E-state index is 12.0. The zero-order valence-corrected chi connectivity index (χ0v) is 10.6. The Morgan fingerprint density at radius 1 is 1.56 bits per heavy atom. The van der Waals surface area contributed by atoms with Gasteiger partial charge in [-0.2, -0.15) is 5.26 Å². The summed E-state index contributed by atoms with van der Waals surface area (Å²) in [5.74, 6) is -0.141. The van der Waals surface area contributed by atoms with Crippen molar-refractivity contribution < 1.29 is 4.79 Å². The molecule has 86 valence electrons. The molecule has 16 heavy (non-hydrogen) atoms. The maximum absolute atomic E-state index is 12.0. The summed E-state index contributed by atoms with van der Waals surface area (Å²) >= 11 is 1.41. The fourth-order valence-corrected chi connectivity index (χ4v) is 2.31. The average molecular weight is 236 g/mol. The van der Waals surface area contributed by atoms with Crippen molar-refractivity contribution in [2.75, 3.05) is 0 Å². The molecule has 0 aliphatic heterocycles. The summed E-state index contributed by atoms with van der Waals surface area (Å²) in [4.78, 5) is 12.7. The third kappa shape index (κ3) is 2.42. The van der Waals surface area contributed by atoms with Crippen LogP contribution in [-0.4, -0.2) is 11.4 Å². The number of carbonyl (C=O) groups is 1. The Labute approximate surface area is 100 Å². The van der Waals surface area contributed by atoms with Crippen LogP contribution < -0.4 is 5.32 Å². The Kier molecular flexibility index (Phi) is 4.08. The SMILES string of the molecule is CCC(C#N)(CC)NC(=O)c1sccc1C. The minimum absolute atomic E-state index is 0.141. The third-order valence-corrected chi connectivity index (χ3v) is 3.86. The number of carbonyl (C=O) groups excluding carboxylic acids is 1. The molecule has 4 heteroatoms. The first-order chi connectivity index (χ1) is 7.58. The molecule has 0 unspecified atom stereocenters. The number of hydrogen-bond donors (Lipinski definition) is 1. The first kappa shape index (κ1) is 12.7. The van der Waals surface area contributed by atoms with Crippen LogP contribution in [-0.2, 0) is 0 Å². The van der Waals surface area contributed by atoms with E-state index in [4.69, 9.17) is 5.26 Å². The van der Waals surface area contributed by atoms with Gasteiger partial charge in [-0.25, -0.2) is 0 Å². The number of rotatable bonds is 4. The highest BCUT2D eigenvalue weighted by Gasteiger charge is 2.28. The van der Waals surface area contributed by atoms with Crippen LogP contribution in [0.3, 0.4) is 0 Å². The lowest BCUT2D eigenvalue weighted by atomic mass is 9.94. The Bertz CT molecular complexity index is 413. The minimum Gasteiger partial charge on any atom is -0.333 e. The molecule has 0 bridgehead atoms. The molecule has 0 aliphatic carbocycles. The van der Waals surface area contributed by atoms with Crippen LogP contribution in [0.2, 0.25) is 0 Å². The lowest BCUT2D eigenvalue weighted by molar-refractivity contribution is 0.0919. The summed E-state index contributed by atoms with van der Waals surface area (Å²) in [6.07, 6.45) is 1.24. The first-order valence-corrected chi connectivity index (χ1v) is 6.24. The second-order valence-electron chi connectivity index (χ2n) is 3.79. The van der Waals surface area contributed by atoms with Crippen molar-refractivity contribution in [1.29, 1.82) is 5.26 Å². The van der Waals surface area contributed by atoms with Gasteiger partial charge in [0.2, 0.25) is 0 Å². The van der Waals surface area contributed by atoms with Gasteiger partial charge in [-0.05, 0) is 36.8 Å². The molecular formula is C12H16N2OS. The molecule has 0 aliphatic rings. The second kappa shape index (κ2) is 5.13. The van der Waals surface area contributed by atoms with Crippen LogP contribution in [0.15, 0.2) is 11.4 Å². The Hall–Kier alpha value is -1.34. The van der Waals surface area contributed by atoms with Crippen molar-refractivity contribution in [3.63, 3.8) is 0 Å². The van der Waals surface area contributed by atoms with Crippen LogP contribution in [0, 0.1) is 18.3 Å². The van der Waals surface area contributed by atoms with Crippen molar-refractivity contribution >= 4 is 17.2 Å². The van der Waals surface area contributed by atoms with E-state index in [0.29, 0.717) is 17.7 Å². The second-order valence-corrected chi connectivity index (χ2v) is 4.70. The van der Waals surface area contributed by atoms with Crippen molar-refractivity contribution in [3.05, 3.63) is 21.9 Å². The smallest absolute Gasteiger partial charge is 0.262 e. The van der Waals surface area contributed by atoms with Crippen LogP contribution in [0.4, 0.5) is 0 Å². The molecule has 1 rings (SSSR count). The zero-order chi connectivity index (χ0) is 12.2. The summed E-state index contributed by atoms with van der Waals surface area (Å²) in [5.41, 5.74) is 0.231. The van der Waals surface area contributed by atoms with E-state index >= 15 is 0 Å². The lowest BCUT2D eigenvalue weighted by Crippen LogP contribution is -2.46. The third-order valence-electron chi connectivity index (χ3n) is 2.84. The molecule has 1 heterocycles. The van der Waals surface area contributed by atoms with Gasteiger partial charge in [0.25, 0.3) is 5.91 Å². The van der Waals surface area contributed by atoms with E-state index in [-0.39, 0.29) is 5.91 Å². The van der Waals surface area contributed by atoms with Gasteiger partial charge in [0.05, 0.1) is 10.9 Å². The number of hydrogen-bond acceptors (Lipinski definition) is 3. The number of aryl methyl sites for hydroxylation is 1. The van der Waals surface area contributed by atoms with Crippen LogP contribution in [0.5, 0.6) is 0 Å². The molecule has 3 nitrogen and oxygen atoms in total. The molecule has 0 fully saturated rings. The van der Waals surface area contributed by atoms with Crippen LogP contribution >= 0.6 is 11.3 Å². The van der Waals surface area contributed by atoms with Crippen LogP contribution in [0.1, 0.15) is 41.9 Å². The van der Waals surface area contributed by atoms with Crippen molar-refractivity contribution in [2.45, 2.75) is 39.2 Å². The van der Waals surface area contributed by atoms with Gasteiger partial charge >= 0.3 is 0 Å². The molecule has 0 spiro atoms. The monoisotopic (exact) mass is 236 g/mol. The Balaban J connectivity index is 2.86. The normalized spacial score (nSPS) is 10.9. The summed E-state index contributed by atoms with van der Waals surface area (Å²) in [6.45, 7) is 5.72. The minimum atomic E-state index is -0.729. The summed E-state index contributed by atoms with van der Waals surface area (Å²) in [5, 5.41) is 13.8. The number of nitrogens with zero attached hydrogens (tertiary/aromatic N) is 1. The molecule has 1 N–H and O–H groups in total. The molecular weight excluding hydrogens is 220 g/mol. The molecule has 0 atom stereocenters. The topological polar surface area (TPSA) is 52.9 Å². The van der Waals surface area contributed by atoms with E-state index in [1.54, 1.807) is 0 Å². The number of nitriles is 1. The predicted molar refractivity (Wildman–Crippen MR) is 65.4 cm³/mol. The lowest BCUT2D eigenvalue weighted by Gasteiger charge is -2.24. The first-order valence-electron chi connectivity index (χ1n) is 5.36. The Morgan fingerprint density at radius 2 is 2.19 bits per heavy atom. The van der Waals surface area contributed by atoms with E-state index < -0.39 is 5.54 Å². The standard InChI is InChI=1S/C12H16N2OS/c1-4-12(5-2,8-13)14-11(15)10-9(3)6-7-16-10/h6-7H,4-5H2,1-3H3,(H,14,15). The van der Waals surface area contributed by atoms with Crippen molar-refractivity contribution in [2.24, 2.45) is 0 Å². The van der Waals surface area contributed by atoms with Gasteiger partial charge in [0, 0.05) is 0 Å². The fourth-order valence-electron chi connectivity index (χ4n) is 1.49. The molecule has 0 saturated heterocycles. The van der Waals surface area contributed by atoms with Gasteiger partial charge in [-0.3, -0.25) is 4.79 Å². The zero-order valence-electron chi connectivity index (χ0n) is 9.83. The van der Waals surface area contributed by atoms with Gasteiger partial charge in [-0.1, -0.05) is 13.8 Å². The molecule has 1 aromatic heterocycles. The summed E-state index contributed by atoms with van der Waals surface area (Å²) in [6, 6.07) is 4.11. The molecule has 0 aromatic carbocycles. The highest BCUT2D eigenvalue weighted by atomic mass is 32.1. The van der Waals surface area contributed by atoms with Gasteiger partial charge in [-0.15, -0.1) is 11.3 Å². The summed E-state index contributed by atoms with van der Waals surface area (Å²) in [7, 11) is 0. The quantitative estimate of drug-likeness (QED) is 0.874. The number of nitrogens with one attached hydrogen (secondary N) is 1. The van der Waals surface area contributed by atoms with E-state index in [2.05, 4.69) is 11.4 Å². The van der Waals surface area contributed by atoms with E-state index in [9.17, 15) is 4.79 Å². The van der Waals surface area contributed by atoms with Crippen LogP contribution in [0.25, 0.3) is 0 Å². The van der Waals surface area contributed by atoms with Crippen molar-refractivity contribution in [3.8, 4) is 6.07 Å². The largest absolute Gasteiger partial charge is 0.333 e. The molecule has 1 aromatic rings. The van der Waals surface area contributed by atoms with E-state index in [0.717, 1.165) is 5.56 Å². The Morgan fingerprint density at radius 3 is 2.56 bits per heavy atom. The maximum Gasteiger partial charge on any atom is 0.262 e. The van der Waals surface area contributed by atoms with E-state index in [1.165, 1.54) is 11.3 Å². The highest BCUT2D eigenvalue weighted by molar-refractivity contribution is 7.12. The highest BCUT2D eigenvalue weighted by Crippen LogP contribution is 2.19. The summed E-state index contributed by atoms with van der Waals surface area (Å²) < 4.78 is 0. The molecule has 0 radical (unpaired) electrons. The number of amides is 1. The van der Waals surface area contributed by atoms with Gasteiger partial charge in [0.1, 0.15) is 5.54 Å². The van der Waals surface area contributed by atoms with Gasteiger partial charge < -0.3 is 5.32 Å². The molecule has 1 amide bonds. The fraction of sp³-hybridized carbons (Fsp3) is 0.500. The molecule has 0 saturated carbocycles. The van der Waals surface area contributed by atoms with E-state index in [1.807, 2.05) is 32.2 Å². The van der Waals surface area contributed by atoms with Gasteiger partial charge in [0.15, 0.2) is 0 Å². The predicted octanol–water partition coefficient (Wildman–Crippen LogP) is 2.87. The number of thiophene rings is 1. The van der Waals surface area contributed by atoms with Crippen molar-refractivity contribution in [1.82, 2.24) is 5.32 Å². The average Bonchev–Trinajstić information content (AvgIpc) is 2.72.